The number of benzene rings is 1. The summed E-state index contributed by atoms with van der Waals surface area (Å²) in [6.07, 6.45) is 2.53. The summed E-state index contributed by atoms with van der Waals surface area (Å²) in [6.45, 7) is 0. The molecule has 0 atom stereocenters. The second kappa shape index (κ2) is 5.79. The highest BCUT2D eigenvalue weighted by Crippen LogP contribution is 2.35. The molecule has 3 N–H and O–H groups in total. The lowest BCUT2D eigenvalue weighted by atomic mass is 10.3. The van der Waals surface area contributed by atoms with Crippen LogP contribution in [0.3, 0.4) is 0 Å². The van der Waals surface area contributed by atoms with Gasteiger partial charge in [-0.3, -0.25) is 15.5 Å². The molecule has 21 heavy (non-hydrogen) atoms. The van der Waals surface area contributed by atoms with Gasteiger partial charge < -0.3 is 10.5 Å². The van der Waals surface area contributed by atoms with Gasteiger partial charge >= 0.3 is 5.69 Å². The van der Waals surface area contributed by atoms with Crippen LogP contribution in [0, 0.1) is 21.3 Å². The van der Waals surface area contributed by atoms with Gasteiger partial charge in [-0.15, -0.1) is 0 Å². The van der Waals surface area contributed by atoms with Gasteiger partial charge in [0.05, 0.1) is 9.40 Å². The molecule has 0 unspecified atom stereocenters. The minimum atomic E-state index is -0.746. The van der Waals surface area contributed by atoms with E-state index in [-0.39, 0.29) is 21.8 Å². The molecule has 10 heteroatoms. The van der Waals surface area contributed by atoms with Gasteiger partial charge in [-0.2, -0.15) is 0 Å². The van der Waals surface area contributed by atoms with Gasteiger partial charge in [0.1, 0.15) is 11.7 Å². The number of nitrogens with one attached hydrogen (secondary N) is 1. The Balaban J connectivity index is 2.52. The molecule has 2 rings (SSSR count). The van der Waals surface area contributed by atoms with Crippen LogP contribution in [0.5, 0.6) is 11.6 Å². The summed E-state index contributed by atoms with van der Waals surface area (Å²) < 4.78 is 18.7. The number of nitro benzene ring substituents is 1. The molecule has 0 bridgehead atoms. The highest BCUT2D eigenvalue weighted by molar-refractivity contribution is 9.10. The Labute approximate surface area is 125 Å². The van der Waals surface area contributed by atoms with Crippen LogP contribution >= 0.6 is 15.9 Å². The number of nitrogens with zero attached hydrogens (tertiary/aromatic N) is 3. The Morgan fingerprint density at radius 2 is 2.10 bits per heavy atom. The van der Waals surface area contributed by atoms with E-state index in [4.69, 9.17) is 15.9 Å². The van der Waals surface area contributed by atoms with Gasteiger partial charge in [-0.1, -0.05) is 0 Å². The van der Waals surface area contributed by atoms with Crippen LogP contribution < -0.4 is 10.5 Å². The molecule has 0 radical (unpaired) electrons. The van der Waals surface area contributed by atoms with E-state index in [1.807, 2.05) is 0 Å². The number of hydrogen-bond donors (Lipinski definition) is 2. The Kier molecular flexibility index (Phi) is 4.08. The number of rotatable bonds is 4. The first-order valence-corrected chi connectivity index (χ1v) is 6.16. The topological polar surface area (TPSA) is 128 Å². The molecule has 0 fully saturated rings. The lowest BCUT2D eigenvalue weighted by molar-refractivity contribution is -0.385. The molecule has 0 amide bonds. The second-order valence-electron chi connectivity index (χ2n) is 3.72. The fourth-order valence-electron chi connectivity index (χ4n) is 1.43. The first-order chi connectivity index (χ1) is 9.90. The summed E-state index contributed by atoms with van der Waals surface area (Å²) in [6, 6.07) is 1.80. The van der Waals surface area contributed by atoms with Crippen molar-refractivity contribution in [1.82, 2.24) is 9.97 Å². The van der Waals surface area contributed by atoms with Crippen LogP contribution in [0.4, 0.5) is 10.1 Å². The van der Waals surface area contributed by atoms with Crippen LogP contribution in [-0.4, -0.2) is 20.7 Å². The van der Waals surface area contributed by atoms with Gasteiger partial charge in [0.2, 0.25) is 11.6 Å². The molecule has 0 saturated heterocycles. The zero-order chi connectivity index (χ0) is 15.6. The number of nitrogen functional groups attached to an aromatic ring is 1. The van der Waals surface area contributed by atoms with Crippen molar-refractivity contribution < 1.29 is 14.1 Å². The van der Waals surface area contributed by atoms with E-state index in [9.17, 15) is 14.5 Å². The molecule has 1 aromatic carbocycles. The van der Waals surface area contributed by atoms with E-state index in [0.717, 1.165) is 12.1 Å². The minimum Gasteiger partial charge on any atom is -0.429 e. The molecular weight excluding hydrogens is 349 g/mol. The average Bonchev–Trinajstić information content (AvgIpc) is 2.42. The van der Waals surface area contributed by atoms with Crippen molar-refractivity contribution in [3.63, 3.8) is 0 Å². The molecule has 0 aliphatic rings. The van der Waals surface area contributed by atoms with Crippen molar-refractivity contribution in [2.75, 3.05) is 0 Å². The summed E-state index contributed by atoms with van der Waals surface area (Å²) in [5.74, 6) is -1.78. The van der Waals surface area contributed by atoms with Crippen LogP contribution in [0.15, 0.2) is 29.0 Å². The normalized spacial score (nSPS) is 10.2. The third-order valence-electron chi connectivity index (χ3n) is 2.32. The Morgan fingerprint density at radius 3 is 2.71 bits per heavy atom. The van der Waals surface area contributed by atoms with E-state index in [0.29, 0.717) is 0 Å². The van der Waals surface area contributed by atoms with E-state index >= 15 is 0 Å². The quantitative estimate of drug-likeness (QED) is 0.375. The molecule has 0 saturated carbocycles. The van der Waals surface area contributed by atoms with Crippen molar-refractivity contribution in [2.45, 2.75) is 0 Å². The number of nitro groups is 1. The molecule has 0 aliphatic heterocycles. The number of halogens is 2. The molecule has 2 aromatic rings. The predicted molar refractivity (Wildman–Crippen MR) is 73.9 cm³/mol. The first kappa shape index (κ1) is 14.8. The zero-order valence-electron chi connectivity index (χ0n) is 10.2. The van der Waals surface area contributed by atoms with Crippen LogP contribution in [-0.2, 0) is 0 Å². The van der Waals surface area contributed by atoms with Gasteiger partial charge in [-0.05, 0) is 15.9 Å². The van der Waals surface area contributed by atoms with Gasteiger partial charge in [0, 0.05) is 24.5 Å². The highest BCUT2D eigenvalue weighted by Gasteiger charge is 2.21. The average molecular weight is 356 g/mol. The van der Waals surface area contributed by atoms with Crippen LogP contribution in [0.1, 0.15) is 5.69 Å². The fourth-order valence-corrected chi connectivity index (χ4v) is 1.76. The smallest absolute Gasteiger partial charge is 0.312 e. The number of hydrogen-bond acceptors (Lipinski definition) is 6. The van der Waals surface area contributed by atoms with E-state index in [1.54, 1.807) is 0 Å². The third-order valence-corrected chi connectivity index (χ3v) is 2.93. The SMILES string of the molecule is N=C(N)c1nccnc1Oc1cc(F)c(Br)cc1[N+](=O)[O-]. The summed E-state index contributed by atoms with van der Waals surface area (Å²) >= 11 is 2.85. The van der Waals surface area contributed by atoms with Crippen molar-refractivity contribution in [2.24, 2.45) is 5.73 Å². The van der Waals surface area contributed by atoms with E-state index in [1.165, 1.54) is 12.4 Å². The molecular formula is C11H7BrFN5O3. The third kappa shape index (κ3) is 3.11. The molecule has 0 spiro atoms. The van der Waals surface area contributed by atoms with Crippen LogP contribution in [0.2, 0.25) is 0 Å². The molecule has 108 valence electrons. The molecule has 8 nitrogen and oxygen atoms in total. The molecule has 1 heterocycles. The molecule has 1 aromatic heterocycles. The van der Waals surface area contributed by atoms with Crippen LogP contribution in [0.25, 0.3) is 0 Å². The Bertz CT molecular complexity index is 740. The highest BCUT2D eigenvalue weighted by atomic mass is 79.9. The molecule has 0 aliphatic carbocycles. The zero-order valence-corrected chi connectivity index (χ0v) is 11.8. The number of nitrogens with two attached hydrogens (primary N) is 1. The van der Waals surface area contributed by atoms with E-state index in [2.05, 4.69) is 25.9 Å². The predicted octanol–water partition coefficient (Wildman–Crippen LogP) is 2.36. The maximum absolute atomic E-state index is 13.5. The maximum atomic E-state index is 13.5. The largest absolute Gasteiger partial charge is 0.429 e. The second-order valence-corrected chi connectivity index (χ2v) is 4.57. The summed E-state index contributed by atoms with van der Waals surface area (Å²) in [5, 5.41) is 18.3. The number of amidine groups is 1. The standard InChI is InChI=1S/C11H7BrFN5O3/c12-5-3-7(18(19)20)8(4-6(5)13)21-11-9(10(14)15)16-1-2-17-11/h1-4H,(H3,14,15). The number of ether oxygens (including phenoxy) is 1. The van der Waals surface area contributed by atoms with Crippen molar-refractivity contribution in [3.05, 3.63) is 50.6 Å². The van der Waals surface area contributed by atoms with Gasteiger partial charge in [-0.25, -0.2) is 14.4 Å². The first-order valence-electron chi connectivity index (χ1n) is 5.37. The van der Waals surface area contributed by atoms with Crippen molar-refractivity contribution >= 4 is 27.5 Å². The summed E-state index contributed by atoms with van der Waals surface area (Å²) in [5.41, 5.74) is 4.73. The minimum absolute atomic E-state index is 0.0764. The lowest BCUT2D eigenvalue weighted by Crippen LogP contribution is -2.15. The monoisotopic (exact) mass is 355 g/mol. The Morgan fingerprint density at radius 1 is 1.43 bits per heavy atom. The lowest BCUT2D eigenvalue weighted by Gasteiger charge is -2.08. The van der Waals surface area contributed by atoms with Gasteiger partial charge in [0.15, 0.2) is 5.69 Å². The fraction of sp³-hybridized carbons (Fsp3) is 0. The van der Waals surface area contributed by atoms with E-state index < -0.39 is 22.3 Å². The van der Waals surface area contributed by atoms with Crippen molar-refractivity contribution in [3.8, 4) is 11.6 Å². The Hall–Kier alpha value is -2.62. The summed E-state index contributed by atoms with van der Waals surface area (Å²) in [4.78, 5) is 17.8. The maximum Gasteiger partial charge on any atom is 0.312 e. The number of aromatic nitrogens is 2. The van der Waals surface area contributed by atoms with Gasteiger partial charge in [0.25, 0.3) is 0 Å². The van der Waals surface area contributed by atoms with Crippen molar-refractivity contribution in [1.29, 1.82) is 5.41 Å². The summed E-state index contributed by atoms with van der Waals surface area (Å²) in [7, 11) is 0.